The molecule has 1 aliphatic rings. The zero-order valence-corrected chi connectivity index (χ0v) is 27.1. The van der Waals surface area contributed by atoms with Crippen LogP contribution in [0.5, 0.6) is 0 Å². The minimum absolute atomic E-state index is 0.110. The van der Waals surface area contributed by atoms with Gasteiger partial charge in [0.2, 0.25) is 10.0 Å². The number of carbonyl (C=O) groups excluding carboxylic acids is 1. The highest BCUT2D eigenvalue weighted by Crippen LogP contribution is 2.44. The lowest BCUT2D eigenvalue weighted by molar-refractivity contribution is -0.151. The van der Waals surface area contributed by atoms with Crippen molar-refractivity contribution < 1.29 is 31.1 Å². The summed E-state index contributed by atoms with van der Waals surface area (Å²) >= 11 is 0. The first kappa shape index (κ1) is 32.6. The fourth-order valence-corrected chi connectivity index (χ4v) is 8.13. The Bertz CT molecular complexity index is 1880. The molecule has 4 aromatic rings. The first-order valence-corrected chi connectivity index (χ1v) is 16.1. The molecule has 0 fully saturated rings. The first-order chi connectivity index (χ1) is 21.0. The van der Waals surface area contributed by atoms with E-state index in [-0.39, 0.29) is 23.9 Å². The molecule has 0 spiro atoms. The molecule has 2 atom stereocenters. The molecule has 45 heavy (non-hydrogen) atoms. The molecule has 10 nitrogen and oxygen atoms in total. The van der Waals surface area contributed by atoms with Gasteiger partial charge in [-0.05, 0) is 81.0 Å². The molecule has 0 N–H and O–H groups in total. The summed E-state index contributed by atoms with van der Waals surface area (Å²) in [5.74, 6) is -1.23. The van der Waals surface area contributed by atoms with Crippen LogP contribution < -0.4 is 0 Å². The average Bonchev–Trinajstić information content (AvgIpc) is 3.53. The van der Waals surface area contributed by atoms with Crippen LogP contribution in [0.2, 0.25) is 0 Å². The molecule has 1 aliphatic heterocycles. The molecule has 0 saturated heterocycles. The van der Waals surface area contributed by atoms with E-state index in [1.54, 1.807) is 36.3 Å². The molecule has 242 valence electrons. The van der Waals surface area contributed by atoms with Crippen LogP contribution in [0.25, 0.3) is 11.0 Å². The van der Waals surface area contributed by atoms with Crippen LogP contribution in [0.3, 0.4) is 0 Å². The smallest absolute Gasteiger partial charge is 0.416 e. The molecule has 0 radical (unpaired) electrons. The van der Waals surface area contributed by atoms with E-state index in [0.717, 1.165) is 28.8 Å². The van der Waals surface area contributed by atoms with E-state index in [0.29, 0.717) is 35.4 Å². The predicted octanol–water partition coefficient (Wildman–Crippen LogP) is 5.23. The fraction of sp³-hybridized carbons (Fsp3) is 0.484. The van der Waals surface area contributed by atoms with Gasteiger partial charge in [0.05, 0.1) is 46.4 Å². The van der Waals surface area contributed by atoms with Crippen LogP contribution in [0.1, 0.15) is 67.3 Å². The molecule has 0 saturated carbocycles. The number of alkyl halides is 3. The molecule has 2 aromatic heterocycles. The first-order valence-electron chi connectivity index (χ1n) is 14.6. The summed E-state index contributed by atoms with van der Waals surface area (Å²) in [7, 11) is -1.29. The average molecular weight is 647 g/mol. The quantitative estimate of drug-likeness (QED) is 0.253. The largest absolute Gasteiger partial charge is 0.469 e. The Morgan fingerprint density at radius 2 is 1.87 bits per heavy atom. The molecule has 0 bridgehead atoms. The molecule has 0 aliphatic carbocycles. The molecule has 0 unspecified atom stereocenters. The molecule has 0 amide bonds. The van der Waals surface area contributed by atoms with E-state index < -0.39 is 39.1 Å². The van der Waals surface area contributed by atoms with Crippen LogP contribution in [0.15, 0.2) is 41.3 Å². The normalized spacial score (nSPS) is 18.0. The third-order valence-electron chi connectivity index (χ3n) is 8.75. The van der Waals surface area contributed by atoms with Crippen LogP contribution in [0.4, 0.5) is 13.2 Å². The zero-order valence-electron chi connectivity index (χ0n) is 26.3. The van der Waals surface area contributed by atoms with Gasteiger partial charge < -0.3 is 4.74 Å². The van der Waals surface area contributed by atoms with E-state index in [1.165, 1.54) is 17.5 Å². The van der Waals surface area contributed by atoms with Crippen molar-refractivity contribution >= 4 is 27.0 Å². The van der Waals surface area contributed by atoms with Crippen LogP contribution in [-0.4, -0.2) is 57.1 Å². The van der Waals surface area contributed by atoms with E-state index >= 15 is 0 Å². The Labute approximate surface area is 260 Å². The number of methoxy groups -OCH3 is 1. The zero-order chi connectivity index (χ0) is 33.1. The van der Waals surface area contributed by atoms with Crippen molar-refractivity contribution in [2.75, 3.05) is 13.7 Å². The second-order valence-corrected chi connectivity index (χ2v) is 14.2. The van der Waals surface area contributed by atoms with Gasteiger partial charge in [-0.2, -0.15) is 22.6 Å². The summed E-state index contributed by atoms with van der Waals surface area (Å²) in [6.07, 6.45) is -4.36. The standard InChI is InChI=1S/C31H37F3N6O4S/c1-8-40-25-12-11-23(19(3)28(25)35-37-40)27(30(4,5)29(41)44-7)24-15-22(38(6)36-24)17-39-16-18(2)13-20-9-10-21(31(32,33)34)14-26(20)45(39,42)43/h9-12,14-15,18,27H,8,13,16-17H2,1-7H3/t18-,27-/m0/s1. The molecule has 14 heteroatoms. The van der Waals surface area contributed by atoms with E-state index in [4.69, 9.17) is 9.84 Å². The lowest BCUT2D eigenvalue weighted by Crippen LogP contribution is -2.34. The van der Waals surface area contributed by atoms with Crippen molar-refractivity contribution in [2.24, 2.45) is 18.4 Å². The van der Waals surface area contributed by atoms with Gasteiger partial charge in [0, 0.05) is 26.1 Å². The molecule has 2 aromatic carbocycles. The number of fused-ring (bicyclic) bond motifs is 2. The summed E-state index contributed by atoms with van der Waals surface area (Å²) in [6.45, 7) is 9.89. The molecular formula is C31H37F3N6O4S. The Hall–Kier alpha value is -3.78. The number of esters is 1. The highest BCUT2D eigenvalue weighted by molar-refractivity contribution is 7.89. The number of aromatic nitrogens is 5. The Morgan fingerprint density at radius 1 is 1.16 bits per heavy atom. The van der Waals surface area contributed by atoms with Gasteiger partial charge in [0.15, 0.2) is 0 Å². The maximum absolute atomic E-state index is 13.9. The fourth-order valence-electron chi connectivity index (χ4n) is 6.34. The van der Waals surface area contributed by atoms with Gasteiger partial charge in [0.25, 0.3) is 0 Å². The van der Waals surface area contributed by atoms with Crippen LogP contribution >= 0.6 is 0 Å². The number of hydrogen-bond donors (Lipinski definition) is 0. The van der Waals surface area contributed by atoms with E-state index in [2.05, 4.69) is 10.3 Å². The van der Waals surface area contributed by atoms with Gasteiger partial charge in [-0.3, -0.25) is 9.48 Å². The van der Waals surface area contributed by atoms with Crippen molar-refractivity contribution in [1.29, 1.82) is 0 Å². The number of rotatable bonds is 7. The second-order valence-electron chi connectivity index (χ2n) is 12.3. The van der Waals surface area contributed by atoms with Gasteiger partial charge in [-0.25, -0.2) is 13.1 Å². The minimum atomic E-state index is -4.68. The van der Waals surface area contributed by atoms with E-state index in [1.807, 2.05) is 32.9 Å². The monoisotopic (exact) mass is 646 g/mol. The molecular weight excluding hydrogens is 609 g/mol. The topological polar surface area (TPSA) is 112 Å². The number of carbonyl (C=O) groups is 1. The second kappa shape index (κ2) is 11.5. The number of benzene rings is 2. The maximum atomic E-state index is 13.9. The van der Waals surface area contributed by atoms with Crippen LogP contribution in [0, 0.1) is 18.3 Å². The third kappa shape index (κ3) is 5.73. The van der Waals surface area contributed by atoms with Gasteiger partial charge in [-0.1, -0.05) is 24.3 Å². The van der Waals surface area contributed by atoms with Crippen molar-refractivity contribution in [3.8, 4) is 0 Å². The number of hydrogen-bond acceptors (Lipinski definition) is 7. The number of sulfonamides is 1. The van der Waals surface area contributed by atoms with Crippen molar-refractivity contribution in [2.45, 2.75) is 71.1 Å². The summed E-state index contributed by atoms with van der Waals surface area (Å²) in [5, 5.41) is 13.4. The summed E-state index contributed by atoms with van der Waals surface area (Å²) < 4.78 is 78.1. The number of aryl methyl sites for hydroxylation is 3. The van der Waals surface area contributed by atoms with Crippen molar-refractivity contribution in [3.63, 3.8) is 0 Å². The highest BCUT2D eigenvalue weighted by atomic mass is 32.2. The molecule has 3 heterocycles. The highest BCUT2D eigenvalue weighted by Gasteiger charge is 2.43. The van der Waals surface area contributed by atoms with Crippen molar-refractivity contribution in [3.05, 3.63) is 70.0 Å². The minimum Gasteiger partial charge on any atom is -0.469 e. The summed E-state index contributed by atoms with van der Waals surface area (Å²) in [4.78, 5) is 12.8. The molecule has 5 rings (SSSR count). The number of halogens is 3. The van der Waals surface area contributed by atoms with Crippen molar-refractivity contribution in [1.82, 2.24) is 29.1 Å². The SMILES string of the molecule is CCn1nnc2c(C)c([C@@H](c3cc(CN4C[C@@H](C)Cc5ccc(C(F)(F)F)cc5S4(=O)=O)n(C)n3)C(C)(C)C(=O)OC)ccc21. The lowest BCUT2D eigenvalue weighted by atomic mass is 9.71. The Morgan fingerprint density at radius 3 is 2.51 bits per heavy atom. The van der Waals surface area contributed by atoms with Gasteiger partial charge >= 0.3 is 12.1 Å². The maximum Gasteiger partial charge on any atom is 0.416 e. The summed E-state index contributed by atoms with van der Waals surface area (Å²) in [5.41, 5.74) is 2.41. The lowest BCUT2D eigenvalue weighted by Gasteiger charge is -2.32. The van der Waals surface area contributed by atoms with Gasteiger partial charge in [-0.15, -0.1) is 5.10 Å². The predicted molar refractivity (Wildman–Crippen MR) is 161 cm³/mol. The Balaban J connectivity index is 1.59. The third-order valence-corrected chi connectivity index (χ3v) is 10.6. The summed E-state index contributed by atoms with van der Waals surface area (Å²) in [6, 6.07) is 8.49. The van der Waals surface area contributed by atoms with E-state index in [9.17, 15) is 26.4 Å². The number of ether oxygens (including phenoxy) is 1. The van der Waals surface area contributed by atoms with Gasteiger partial charge in [0.1, 0.15) is 5.52 Å². The Kier molecular flexibility index (Phi) is 8.36. The van der Waals surface area contributed by atoms with Crippen LogP contribution in [-0.2, 0) is 52.3 Å². The number of nitrogens with zero attached hydrogens (tertiary/aromatic N) is 6.